The van der Waals surface area contributed by atoms with E-state index >= 15 is 0 Å². The molecular weight excluding hydrogens is 384 g/mol. The molecular formula is C18H26N4O3S2. The van der Waals surface area contributed by atoms with Crippen LogP contribution in [0.5, 0.6) is 0 Å². The minimum absolute atomic E-state index is 0.0127. The Morgan fingerprint density at radius 2 is 2.11 bits per heavy atom. The molecule has 0 unspecified atom stereocenters. The zero-order valence-electron chi connectivity index (χ0n) is 15.6. The second-order valence-corrected chi connectivity index (χ2v) is 9.56. The van der Waals surface area contributed by atoms with Crippen molar-refractivity contribution in [1.82, 2.24) is 14.9 Å². The second-order valence-electron chi connectivity index (χ2n) is 7.06. The number of fused-ring (bicyclic) bond motifs is 1. The van der Waals surface area contributed by atoms with Gasteiger partial charge in [-0.2, -0.15) is 0 Å². The zero-order chi connectivity index (χ0) is 19.6. The van der Waals surface area contributed by atoms with Gasteiger partial charge < -0.3 is 9.88 Å². The molecule has 0 aliphatic heterocycles. The van der Waals surface area contributed by atoms with Crippen molar-refractivity contribution in [2.45, 2.75) is 62.2 Å². The van der Waals surface area contributed by atoms with Gasteiger partial charge in [-0.15, -0.1) is 0 Å². The van der Waals surface area contributed by atoms with E-state index in [2.05, 4.69) is 17.2 Å². The van der Waals surface area contributed by atoms with Gasteiger partial charge in [0.15, 0.2) is 5.16 Å². The Kier molecular flexibility index (Phi) is 6.12. The van der Waals surface area contributed by atoms with Gasteiger partial charge in [-0.25, -0.2) is 18.5 Å². The topological polar surface area (TPSA) is 107 Å². The Balaban J connectivity index is 1.73. The molecule has 1 saturated carbocycles. The quantitative estimate of drug-likeness (QED) is 0.712. The number of imidazole rings is 1. The maximum Gasteiger partial charge on any atom is 0.238 e. The number of hydrogen-bond acceptors (Lipinski definition) is 5. The van der Waals surface area contributed by atoms with Crippen LogP contribution >= 0.6 is 11.8 Å². The van der Waals surface area contributed by atoms with Crippen LogP contribution < -0.4 is 10.5 Å². The number of nitrogens with zero attached hydrogens (tertiary/aromatic N) is 2. The average Bonchev–Trinajstić information content (AvgIpc) is 2.98. The van der Waals surface area contributed by atoms with Crippen molar-refractivity contribution < 1.29 is 13.2 Å². The summed E-state index contributed by atoms with van der Waals surface area (Å²) in [7, 11) is -3.77. The first-order valence-electron chi connectivity index (χ1n) is 9.25. The molecule has 1 aliphatic carbocycles. The number of hydrogen-bond donors (Lipinski definition) is 2. The maximum absolute atomic E-state index is 12.4. The molecule has 1 aliphatic rings. The molecule has 2 aromatic rings. The Bertz CT molecular complexity index is 939. The van der Waals surface area contributed by atoms with Crippen molar-refractivity contribution in [3.8, 4) is 0 Å². The summed E-state index contributed by atoms with van der Waals surface area (Å²) in [5.74, 6) is 0.817. The number of rotatable bonds is 6. The van der Waals surface area contributed by atoms with E-state index < -0.39 is 10.0 Å². The molecule has 9 heteroatoms. The first-order chi connectivity index (χ1) is 12.8. The number of aromatic nitrogens is 2. The van der Waals surface area contributed by atoms with E-state index in [9.17, 15) is 13.2 Å². The predicted octanol–water partition coefficient (Wildman–Crippen LogP) is 2.49. The maximum atomic E-state index is 12.4. The lowest BCUT2D eigenvalue weighted by molar-refractivity contribution is -0.119. The number of nitrogens with one attached hydrogen (secondary N) is 1. The zero-order valence-corrected chi connectivity index (χ0v) is 17.3. The van der Waals surface area contributed by atoms with Crippen molar-refractivity contribution in [3.05, 3.63) is 18.2 Å². The number of primary sulfonamides is 1. The molecule has 3 rings (SSSR count). The fourth-order valence-electron chi connectivity index (χ4n) is 3.59. The molecule has 2 atom stereocenters. The van der Waals surface area contributed by atoms with E-state index in [4.69, 9.17) is 5.14 Å². The number of amides is 1. The summed E-state index contributed by atoms with van der Waals surface area (Å²) in [6.07, 6.45) is 4.61. The number of thioether (sulfide) groups is 1. The average molecular weight is 411 g/mol. The Labute approximate surface area is 164 Å². The Hall–Kier alpha value is -1.58. The van der Waals surface area contributed by atoms with E-state index in [1.165, 1.54) is 36.7 Å². The minimum Gasteiger partial charge on any atom is -0.352 e. The highest BCUT2D eigenvalue weighted by Gasteiger charge is 2.23. The van der Waals surface area contributed by atoms with Crippen LogP contribution in [0.3, 0.4) is 0 Å². The molecule has 3 N–H and O–H groups in total. The molecule has 1 amide bonds. The standard InChI is InChI=1S/C18H26N4O3S2/c1-3-22-16-9-8-13(27(19,24)25)10-15(16)21-18(22)26-11-17(23)20-14-7-5-4-6-12(14)2/h8-10,12,14H,3-7,11H2,1-2H3,(H,20,23)(H2,19,24,25)/t12-,14+/m1/s1. The van der Waals surface area contributed by atoms with Crippen molar-refractivity contribution >= 4 is 38.7 Å². The van der Waals surface area contributed by atoms with Gasteiger partial charge in [-0.1, -0.05) is 31.5 Å². The van der Waals surface area contributed by atoms with Crippen molar-refractivity contribution in [1.29, 1.82) is 0 Å². The SMILES string of the molecule is CCn1c(SCC(=O)N[C@H]2CCCC[C@H]2C)nc2cc(S(N)(=O)=O)ccc21. The molecule has 0 spiro atoms. The summed E-state index contributed by atoms with van der Waals surface area (Å²) in [4.78, 5) is 16.9. The second kappa shape index (κ2) is 8.20. The van der Waals surface area contributed by atoms with Crippen molar-refractivity contribution in [2.24, 2.45) is 11.1 Å². The molecule has 1 aromatic heterocycles. The van der Waals surface area contributed by atoms with E-state index in [1.807, 2.05) is 11.5 Å². The molecule has 1 fully saturated rings. The van der Waals surface area contributed by atoms with Crippen LogP contribution in [0, 0.1) is 5.92 Å². The van der Waals surface area contributed by atoms with Gasteiger partial charge in [-0.05, 0) is 43.9 Å². The third-order valence-electron chi connectivity index (χ3n) is 5.12. The molecule has 0 saturated heterocycles. The van der Waals surface area contributed by atoms with Crippen LogP contribution in [0.1, 0.15) is 39.5 Å². The van der Waals surface area contributed by atoms with Crippen LogP contribution in [0.4, 0.5) is 0 Å². The fraction of sp³-hybridized carbons (Fsp3) is 0.556. The monoisotopic (exact) mass is 410 g/mol. The minimum atomic E-state index is -3.77. The molecule has 27 heavy (non-hydrogen) atoms. The van der Waals surface area contributed by atoms with E-state index in [-0.39, 0.29) is 22.6 Å². The molecule has 1 heterocycles. The van der Waals surface area contributed by atoms with Gasteiger partial charge in [0.2, 0.25) is 15.9 Å². The van der Waals surface area contributed by atoms with Crippen LogP contribution in [0.15, 0.2) is 28.3 Å². The van der Waals surface area contributed by atoms with Crippen LogP contribution in [-0.4, -0.2) is 35.7 Å². The van der Waals surface area contributed by atoms with E-state index in [0.29, 0.717) is 23.1 Å². The van der Waals surface area contributed by atoms with Crippen molar-refractivity contribution in [2.75, 3.05) is 5.75 Å². The summed E-state index contributed by atoms with van der Waals surface area (Å²) in [5.41, 5.74) is 1.39. The largest absolute Gasteiger partial charge is 0.352 e. The molecule has 148 valence electrons. The van der Waals surface area contributed by atoms with Crippen molar-refractivity contribution in [3.63, 3.8) is 0 Å². The third-order valence-corrected chi connectivity index (χ3v) is 7.01. The van der Waals surface area contributed by atoms with Gasteiger partial charge in [0.1, 0.15) is 0 Å². The van der Waals surface area contributed by atoms with Crippen LogP contribution in [-0.2, 0) is 21.4 Å². The van der Waals surface area contributed by atoms with Crippen LogP contribution in [0.25, 0.3) is 11.0 Å². The van der Waals surface area contributed by atoms with E-state index in [0.717, 1.165) is 18.4 Å². The highest BCUT2D eigenvalue weighted by atomic mass is 32.2. The first-order valence-corrected chi connectivity index (χ1v) is 11.8. The molecule has 0 bridgehead atoms. The lowest BCUT2D eigenvalue weighted by Gasteiger charge is -2.29. The number of carbonyl (C=O) groups is 1. The predicted molar refractivity (Wildman–Crippen MR) is 107 cm³/mol. The molecule has 7 nitrogen and oxygen atoms in total. The fourth-order valence-corrected chi connectivity index (χ4v) is 5.01. The highest BCUT2D eigenvalue weighted by molar-refractivity contribution is 7.99. The number of aryl methyl sites for hydroxylation is 1. The van der Waals surface area contributed by atoms with Gasteiger partial charge in [0, 0.05) is 12.6 Å². The summed E-state index contributed by atoms with van der Waals surface area (Å²) in [5, 5.41) is 9.05. The Morgan fingerprint density at radius 1 is 1.37 bits per heavy atom. The van der Waals surface area contributed by atoms with Gasteiger partial charge in [0.25, 0.3) is 0 Å². The van der Waals surface area contributed by atoms with Gasteiger partial charge in [-0.3, -0.25) is 4.79 Å². The summed E-state index contributed by atoms with van der Waals surface area (Å²) in [6, 6.07) is 4.93. The molecule has 0 radical (unpaired) electrons. The number of benzene rings is 1. The summed E-state index contributed by atoms with van der Waals surface area (Å²) >= 11 is 1.37. The number of nitrogens with two attached hydrogens (primary N) is 1. The molecule has 1 aromatic carbocycles. The van der Waals surface area contributed by atoms with Crippen LogP contribution in [0.2, 0.25) is 0 Å². The summed E-state index contributed by atoms with van der Waals surface area (Å²) in [6.45, 7) is 4.86. The highest BCUT2D eigenvalue weighted by Crippen LogP contribution is 2.27. The lowest BCUT2D eigenvalue weighted by Crippen LogP contribution is -2.41. The van der Waals surface area contributed by atoms with Gasteiger partial charge in [0.05, 0.1) is 21.7 Å². The van der Waals surface area contributed by atoms with E-state index in [1.54, 1.807) is 6.07 Å². The number of sulfonamides is 1. The smallest absolute Gasteiger partial charge is 0.238 e. The number of carbonyl (C=O) groups excluding carboxylic acids is 1. The summed E-state index contributed by atoms with van der Waals surface area (Å²) < 4.78 is 25.1. The normalized spacial score (nSPS) is 20.7. The van der Waals surface area contributed by atoms with Gasteiger partial charge >= 0.3 is 0 Å². The lowest BCUT2D eigenvalue weighted by atomic mass is 9.86. The Morgan fingerprint density at radius 3 is 2.78 bits per heavy atom. The first kappa shape index (κ1) is 20.2. The third kappa shape index (κ3) is 4.64.